The summed E-state index contributed by atoms with van der Waals surface area (Å²) in [5.74, 6) is 0.741. The number of nitrogens with two attached hydrogens (primary N) is 2. The quantitative estimate of drug-likeness (QED) is 0.572. The topological polar surface area (TPSA) is 140 Å². The Morgan fingerprint density at radius 1 is 1.40 bits per heavy atom. The molecule has 0 bridgehead atoms. The van der Waals surface area contributed by atoms with Gasteiger partial charge in [-0.15, -0.1) is 0 Å². The molecule has 0 aliphatic heterocycles. The van der Waals surface area contributed by atoms with E-state index in [1.54, 1.807) is 13.0 Å². The van der Waals surface area contributed by atoms with E-state index in [0.717, 1.165) is 5.82 Å². The number of rotatable bonds is 5. The second-order valence-corrected chi connectivity index (χ2v) is 5.88. The predicted molar refractivity (Wildman–Crippen MR) is 75.5 cm³/mol. The van der Waals surface area contributed by atoms with Gasteiger partial charge in [0, 0.05) is 24.3 Å². The fourth-order valence-corrected chi connectivity index (χ4v) is 2.69. The Bertz CT molecular complexity index is 696. The van der Waals surface area contributed by atoms with Crippen LogP contribution in [0.2, 0.25) is 0 Å². The van der Waals surface area contributed by atoms with Gasteiger partial charge in [-0.25, -0.2) is 18.5 Å². The highest BCUT2D eigenvalue weighted by Crippen LogP contribution is 2.25. The SMILES string of the molecule is Cc1c(NCCc2ncn[nH]2)cc(N)cc1S(N)(=O)=O. The molecule has 1 heterocycles. The Balaban J connectivity index is 2.17. The van der Waals surface area contributed by atoms with Crippen molar-refractivity contribution >= 4 is 21.4 Å². The Labute approximate surface area is 116 Å². The summed E-state index contributed by atoms with van der Waals surface area (Å²) in [7, 11) is -3.80. The van der Waals surface area contributed by atoms with Crippen LogP contribution in [0, 0.1) is 6.92 Å². The first-order chi connectivity index (χ1) is 9.38. The molecule has 0 unspecified atom stereocenters. The molecule has 0 saturated heterocycles. The molecule has 0 saturated carbocycles. The van der Waals surface area contributed by atoms with E-state index in [1.165, 1.54) is 12.4 Å². The molecule has 2 rings (SSSR count). The van der Waals surface area contributed by atoms with Crippen LogP contribution in [0.5, 0.6) is 0 Å². The number of nitrogens with zero attached hydrogens (tertiary/aromatic N) is 2. The van der Waals surface area contributed by atoms with Crippen LogP contribution in [-0.4, -0.2) is 30.1 Å². The summed E-state index contributed by atoms with van der Waals surface area (Å²) in [6.07, 6.45) is 2.05. The minimum absolute atomic E-state index is 0.0275. The number of aromatic amines is 1. The van der Waals surface area contributed by atoms with E-state index < -0.39 is 10.0 Å². The number of primary sulfonamides is 1. The van der Waals surface area contributed by atoms with Gasteiger partial charge in [-0.2, -0.15) is 5.10 Å². The van der Waals surface area contributed by atoms with Crippen molar-refractivity contribution in [3.63, 3.8) is 0 Å². The van der Waals surface area contributed by atoms with E-state index in [4.69, 9.17) is 10.9 Å². The van der Waals surface area contributed by atoms with E-state index in [0.29, 0.717) is 29.9 Å². The maximum Gasteiger partial charge on any atom is 0.238 e. The molecular weight excluding hydrogens is 280 g/mol. The van der Waals surface area contributed by atoms with Crippen LogP contribution in [0.1, 0.15) is 11.4 Å². The van der Waals surface area contributed by atoms with E-state index in [9.17, 15) is 8.42 Å². The van der Waals surface area contributed by atoms with Crippen molar-refractivity contribution in [2.24, 2.45) is 5.14 Å². The van der Waals surface area contributed by atoms with Gasteiger partial charge < -0.3 is 11.1 Å². The Morgan fingerprint density at radius 3 is 2.75 bits per heavy atom. The van der Waals surface area contributed by atoms with Crippen LogP contribution >= 0.6 is 0 Å². The first kappa shape index (κ1) is 14.3. The summed E-state index contributed by atoms with van der Waals surface area (Å²) >= 11 is 0. The first-order valence-electron chi connectivity index (χ1n) is 5.89. The lowest BCUT2D eigenvalue weighted by atomic mass is 10.1. The van der Waals surface area contributed by atoms with E-state index in [-0.39, 0.29) is 4.90 Å². The summed E-state index contributed by atoms with van der Waals surface area (Å²) in [6, 6.07) is 3.02. The summed E-state index contributed by atoms with van der Waals surface area (Å²) in [5, 5.41) is 14.8. The van der Waals surface area contributed by atoms with E-state index >= 15 is 0 Å². The minimum Gasteiger partial charge on any atom is -0.399 e. The summed E-state index contributed by atoms with van der Waals surface area (Å²) in [6.45, 7) is 2.24. The van der Waals surface area contributed by atoms with Gasteiger partial charge in [-0.05, 0) is 24.6 Å². The monoisotopic (exact) mass is 296 g/mol. The molecule has 8 nitrogen and oxygen atoms in total. The van der Waals surface area contributed by atoms with Gasteiger partial charge in [0.2, 0.25) is 10.0 Å². The molecule has 20 heavy (non-hydrogen) atoms. The fourth-order valence-electron chi connectivity index (χ4n) is 1.85. The summed E-state index contributed by atoms with van der Waals surface area (Å²) < 4.78 is 23.0. The number of sulfonamides is 1. The number of hydrogen-bond acceptors (Lipinski definition) is 6. The Morgan fingerprint density at radius 2 is 2.15 bits per heavy atom. The van der Waals surface area contributed by atoms with Gasteiger partial charge in [-0.3, -0.25) is 5.10 Å². The number of nitrogens with one attached hydrogen (secondary N) is 2. The van der Waals surface area contributed by atoms with Gasteiger partial charge >= 0.3 is 0 Å². The largest absolute Gasteiger partial charge is 0.399 e. The molecule has 9 heteroatoms. The third kappa shape index (κ3) is 3.25. The summed E-state index contributed by atoms with van der Waals surface area (Å²) in [4.78, 5) is 4.02. The molecule has 1 aromatic carbocycles. The lowest BCUT2D eigenvalue weighted by molar-refractivity contribution is 0.597. The van der Waals surface area contributed by atoms with Crippen LogP contribution < -0.4 is 16.2 Å². The number of H-pyrrole nitrogens is 1. The van der Waals surface area contributed by atoms with Crippen LogP contribution in [0.15, 0.2) is 23.4 Å². The molecule has 0 amide bonds. The molecule has 0 aliphatic carbocycles. The molecule has 0 fully saturated rings. The Kier molecular flexibility index (Phi) is 3.91. The average Bonchev–Trinajstić information content (AvgIpc) is 2.84. The molecule has 108 valence electrons. The second-order valence-electron chi connectivity index (χ2n) is 4.35. The zero-order valence-corrected chi connectivity index (χ0v) is 11.7. The first-order valence-corrected chi connectivity index (χ1v) is 7.43. The van der Waals surface area contributed by atoms with Gasteiger partial charge in [-0.1, -0.05) is 0 Å². The van der Waals surface area contributed by atoms with Crippen molar-refractivity contribution in [2.45, 2.75) is 18.2 Å². The predicted octanol–water partition coefficient (Wildman–Crippen LogP) is -0.00268. The van der Waals surface area contributed by atoms with Gasteiger partial charge in [0.25, 0.3) is 0 Å². The normalized spacial score (nSPS) is 11.5. The lowest BCUT2D eigenvalue weighted by Crippen LogP contribution is -2.16. The van der Waals surface area contributed by atoms with Gasteiger partial charge in [0.1, 0.15) is 12.2 Å². The van der Waals surface area contributed by atoms with Crippen molar-refractivity contribution in [1.82, 2.24) is 15.2 Å². The highest BCUT2D eigenvalue weighted by Gasteiger charge is 2.15. The van der Waals surface area contributed by atoms with E-state index in [2.05, 4.69) is 20.5 Å². The molecule has 0 spiro atoms. The molecule has 6 N–H and O–H groups in total. The smallest absolute Gasteiger partial charge is 0.238 e. The minimum atomic E-state index is -3.80. The molecule has 0 atom stereocenters. The highest BCUT2D eigenvalue weighted by molar-refractivity contribution is 7.89. The number of aromatic nitrogens is 3. The lowest BCUT2D eigenvalue weighted by Gasteiger charge is -2.13. The van der Waals surface area contributed by atoms with Crippen LogP contribution in [0.4, 0.5) is 11.4 Å². The summed E-state index contributed by atoms with van der Waals surface area (Å²) in [5.41, 5.74) is 7.21. The van der Waals surface area contributed by atoms with Crippen LogP contribution in [-0.2, 0) is 16.4 Å². The molecule has 2 aromatic rings. The zero-order chi connectivity index (χ0) is 14.8. The molecule has 0 aliphatic rings. The van der Waals surface area contributed by atoms with Crippen LogP contribution in [0.3, 0.4) is 0 Å². The maximum atomic E-state index is 11.5. The highest BCUT2D eigenvalue weighted by atomic mass is 32.2. The second kappa shape index (κ2) is 5.47. The average molecular weight is 296 g/mol. The number of hydrogen-bond donors (Lipinski definition) is 4. The zero-order valence-electron chi connectivity index (χ0n) is 10.9. The standard InChI is InChI=1S/C11H16N6O2S/c1-7-9(14-3-2-11-15-6-16-17-11)4-8(12)5-10(7)20(13,18)19/h4-6,14H,2-3,12H2,1H3,(H2,13,18,19)(H,15,16,17). The van der Waals surface area contributed by atoms with Crippen molar-refractivity contribution in [2.75, 3.05) is 17.6 Å². The van der Waals surface area contributed by atoms with Gasteiger partial charge in [0.15, 0.2) is 0 Å². The van der Waals surface area contributed by atoms with Crippen molar-refractivity contribution in [3.05, 3.63) is 29.8 Å². The van der Waals surface area contributed by atoms with Crippen molar-refractivity contribution in [3.8, 4) is 0 Å². The fraction of sp³-hybridized carbons (Fsp3) is 0.273. The Hall–Kier alpha value is -2.13. The molecular formula is C11H16N6O2S. The molecule has 0 radical (unpaired) electrons. The van der Waals surface area contributed by atoms with Gasteiger partial charge in [0.05, 0.1) is 4.90 Å². The van der Waals surface area contributed by atoms with E-state index in [1.807, 2.05) is 0 Å². The maximum absolute atomic E-state index is 11.5. The number of benzene rings is 1. The number of anilines is 2. The third-order valence-electron chi connectivity index (χ3n) is 2.83. The molecule has 1 aromatic heterocycles. The number of nitrogen functional groups attached to an aromatic ring is 1. The third-order valence-corrected chi connectivity index (χ3v) is 3.87. The van der Waals surface area contributed by atoms with Crippen LogP contribution in [0.25, 0.3) is 0 Å². The van der Waals surface area contributed by atoms with Crippen molar-refractivity contribution < 1.29 is 8.42 Å². The van der Waals surface area contributed by atoms with Crippen molar-refractivity contribution in [1.29, 1.82) is 0 Å².